The highest BCUT2D eigenvalue weighted by Gasteiger charge is 2.39. The normalized spacial score (nSPS) is 17.0. The maximum atomic E-state index is 12.8. The summed E-state index contributed by atoms with van der Waals surface area (Å²) in [7, 11) is 0. The van der Waals surface area contributed by atoms with Gasteiger partial charge in [-0.2, -0.15) is 13.9 Å². The lowest BCUT2D eigenvalue weighted by Gasteiger charge is -2.33. The van der Waals surface area contributed by atoms with Crippen LogP contribution in [0.4, 0.5) is 8.78 Å². The molecule has 0 unspecified atom stereocenters. The van der Waals surface area contributed by atoms with E-state index in [2.05, 4.69) is 10.4 Å². The Morgan fingerprint density at radius 1 is 1.29 bits per heavy atom. The van der Waals surface area contributed by atoms with Gasteiger partial charge in [-0.15, -0.1) is 0 Å². The van der Waals surface area contributed by atoms with E-state index in [4.69, 9.17) is 0 Å². The fourth-order valence-electron chi connectivity index (χ4n) is 3.33. The molecule has 1 saturated carbocycles. The van der Waals surface area contributed by atoms with Crippen LogP contribution in [0.15, 0.2) is 0 Å². The number of aromatic nitrogens is 2. The molecule has 1 amide bonds. The van der Waals surface area contributed by atoms with Crippen molar-refractivity contribution >= 4 is 11.9 Å². The number of carbonyl (C=O) groups excluding carboxylic acids is 1. The fraction of sp³-hybridized carbons (Fsp3) is 0.688. The number of hydrogen-bond donors (Lipinski definition) is 2. The third kappa shape index (κ3) is 3.73. The summed E-state index contributed by atoms with van der Waals surface area (Å²) in [5, 5.41) is 15.9. The molecule has 2 rings (SSSR count). The molecule has 1 aliphatic rings. The first-order valence-corrected chi connectivity index (χ1v) is 8.10. The van der Waals surface area contributed by atoms with E-state index in [0.29, 0.717) is 28.8 Å². The Morgan fingerprint density at radius 2 is 1.92 bits per heavy atom. The van der Waals surface area contributed by atoms with Crippen LogP contribution in [0, 0.1) is 19.3 Å². The van der Waals surface area contributed by atoms with Crippen LogP contribution in [0.2, 0.25) is 0 Å². The van der Waals surface area contributed by atoms with Gasteiger partial charge in [0.05, 0.1) is 17.5 Å². The summed E-state index contributed by atoms with van der Waals surface area (Å²) >= 11 is 0. The average Bonchev–Trinajstić information content (AvgIpc) is 2.82. The second-order valence-corrected chi connectivity index (χ2v) is 6.47. The van der Waals surface area contributed by atoms with Crippen molar-refractivity contribution in [3.8, 4) is 0 Å². The van der Waals surface area contributed by atoms with Crippen molar-refractivity contribution in [1.29, 1.82) is 0 Å². The molecule has 0 radical (unpaired) electrons. The van der Waals surface area contributed by atoms with Gasteiger partial charge in [0, 0.05) is 17.8 Å². The Bertz CT molecular complexity index is 622. The molecular weight excluding hydrogens is 320 g/mol. The molecule has 1 aromatic heterocycles. The van der Waals surface area contributed by atoms with Crippen LogP contribution in [-0.4, -0.2) is 33.3 Å². The van der Waals surface area contributed by atoms with Gasteiger partial charge in [-0.05, 0) is 26.7 Å². The minimum Gasteiger partial charge on any atom is -0.481 e. The topological polar surface area (TPSA) is 84.2 Å². The zero-order chi connectivity index (χ0) is 17.9. The summed E-state index contributed by atoms with van der Waals surface area (Å²) in [6, 6.07) is 0. The molecule has 134 valence electrons. The number of alkyl halides is 2. The smallest absolute Gasteiger partial charge is 0.333 e. The molecule has 1 heterocycles. The number of rotatable bonds is 6. The molecule has 24 heavy (non-hydrogen) atoms. The van der Waals surface area contributed by atoms with Crippen molar-refractivity contribution in [2.24, 2.45) is 5.41 Å². The Morgan fingerprint density at radius 3 is 2.42 bits per heavy atom. The monoisotopic (exact) mass is 343 g/mol. The first kappa shape index (κ1) is 18.4. The molecule has 0 atom stereocenters. The molecule has 0 aromatic carbocycles. The predicted molar refractivity (Wildman–Crippen MR) is 82.8 cm³/mol. The van der Waals surface area contributed by atoms with Crippen LogP contribution in [0.1, 0.15) is 55.6 Å². The van der Waals surface area contributed by atoms with Gasteiger partial charge in [-0.25, -0.2) is 4.68 Å². The Balaban J connectivity index is 2.02. The number of halogens is 2. The Labute approximate surface area is 139 Å². The van der Waals surface area contributed by atoms with Gasteiger partial charge in [-0.3, -0.25) is 9.59 Å². The third-order valence-corrected chi connectivity index (χ3v) is 4.89. The van der Waals surface area contributed by atoms with Gasteiger partial charge in [-0.1, -0.05) is 19.3 Å². The molecule has 1 aliphatic carbocycles. The minimum atomic E-state index is -2.75. The maximum Gasteiger partial charge on any atom is 0.333 e. The van der Waals surface area contributed by atoms with Crippen molar-refractivity contribution in [1.82, 2.24) is 15.1 Å². The largest absolute Gasteiger partial charge is 0.481 e. The molecule has 6 nitrogen and oxygen atoms in total. The van der Waals surface area contributed by atoms with Gasteiger partial charge in [0.15, 0.2) is 0 Å². The lowest BCUT2D eigenvalue weighted by molar-refractivity contribution is -0.151. The van der Waals surface area contributed by atoms with E-state index in [-0.39, 0.29) is 24.6 Å². The van der Waals surface area contributed by atoms with Crippen molar-refractivity contribution < 1.29 is 23.5 Å². The lowest BCUT2D eigenvalue weighted by Crippen LogP contribution is -2.44. The number of carbonyl (C=O) groups is 2. The van der Waals surface area contributed by atoms with E-state index < -0.39 is 17.9 Å². The molecule has 2 N–H and O–H groups in total. The van der Waals surface area contributed by atoms with Crippen LogP contribution in [-0.2, 0) is 16.0 Å². The first-order chi connectivity index (χ1) is 11.3. The summed E-state index contributed by atoms with van der Waals surface area (Å²) in [5.74, 6) is -1.26. The summed E-state index contributed by atoms with van der Waals surface area (Å²) in [6.07, 6.45) is 3.69. The van der Waals surface area contributed by atoms with Crippen molar-refractivity contribution in [3.63, 3.8) is 0 Å². The standard InChI is InChI=1S/C16H23F2N3O3/c1-10-12(11(2)21(20-10)15(17)18)8-13(22)19-9-16(14(23)24)6-4-3-5-7-16/h15H,3-9H2,1-2H3,(H,19,22)(H,23,24). The predicted octanol–water partition coefficient (Wildman–Crippen LogP) is 2.59. The van der Waals surface area contributed by atoms with Gasteiger partial charge < -0.3 is 10.4 Å². The molecule has 1 fully saturated rings. The van der Waals surface area contributed by atoms with E-state index in [1.54, 1.807) is 6.92 Å². The van der Waals surface area contributed by atoms with E-state index >= 15 is 0 Å². The lowest BCUT2D eigenvalue weighted by atomic mass is 9.74. The third-order valence-electron chi connectivity index (χ3n) is 4.89. The highest BCUT2D eigenvalue weighted by Crippen LogP contribution is 2.36. The molecule has 1 aromatic rings. The number of carboxylic acid groups (broad SMARTS) is 1. The van der Waals surface area contributed by atoms with E-state index in [9.17, 15) is 23.5 Å². The molecule has 0 bridgehead atoms. The maximum absolute atomic E-state index is 12.8. The highest BCUT2D eigenvalue weighted by atomic mass is 19.3. The van der Waals surface area contributed by atoms with E-state index in [1.807, 2.05) is 0 Å². The second-order valence-electron chi connectivity index (χ2n) is 6.47. The summed E-state index contributed by atoms with van der Waals surface area (Å²) in [5.41, 5.74) is 0.183. The Kier molecular flexibility index (Phi) is 5.56. The quantitative estimate of drug-likeness (QED) is 0.831. The van der Waals surface area contributed by atoms with Gasteiger partial charge in [0.25, 0.3) is 0 Å². The minimum absolute atomic E-state index is 0.0717. The number of carboxylic acids is 1. The van der Waals surface area contributed by atoms with Crippen molar-refractivity contribution in [2.45, 2.75) is 58.9 Å². The van der Waals surface area contributed by atoms with Crippen LogP contribution >= 0.6 is 0 Å². The summed E-state index contributed by atoms with van der Waals surface area (Å²) < 4.78 is 26.2. The number of hydrogen-bond acceptors (Lipinski definition) is 3. The fourth-order valence-corrected chi connectivity index (χ4v) is 3.33. The number of nitrogens with zero attached hydrogens (tertiary/aromatic N) is 2. The van der Waals surface area contributed by atoms with Gasteiger partial charge in [0.2, 0.25) is 5.91 Å². The van der Waals surface area contributed by atoms with Crippen LogP contribution in [0.25, 0.3) is 0 Å². The average molecular weight is 343 g/mol. The number of aryl methyl sites for hydroxylation is 1. The zero-order valence-corrected chi connectivity index (χ0v) is 13.9. The van der Waals surface area contributed by atoms with Gasteiger partial charge >= 0.3 is 12.5 Å². The van der Waals surface area contributed by atoms with E-state index in [0.717, 1.165) is 19.3 Å². The number of nitrogens with one attached hydrogen (secondary N) is 1. The first-order valence-electron chi connectivity index (χ1n) is 8.10. The molecule has 0 saturated heterocycles. The highest BCUT2D eigenvalue weighted by molar-refractivity contribution is 5.81. The molecule has 0 aliphatic heterocycles. The summed E-state index contributed by atoms with van der Waals surface area (Å²) in [6.45, 7) is 0.392. The Hall–Kier alpha value is -1.99. The number of amides is 1. The molecule has 0 spiro atoms. The second kappa shape index (κ2) is 7.27. The number of aliphatic carboxylic acids is 1. The molecule has 8 heteroatoms. The molecular formula is C16H23F2N3O3. The summed E-state index contributed by atoms with van der Waals surface area (Å²) in [4.78, 5) is 23.8. The van der Waals surface area contributed by atoms with Crippen LogP contribution in [0.5, 0.6) is 0 Å². The van der Waals surface area contributed by atoms with Crippen molar-refractivity contribution in [2.75, 3.05) is 6.54 Å². The van der Waals surface area contributed by atoms with Crippen LogP contribution in [0.3, 0.4) is 0 Å². The SMILES string of the molecule is Cc1nn(C(F)F)c(C)c1CC(=O)NCC1(C(=O)O)CCCCC1. The zero-order valence-electron chi connectivity index (χ0n) is 13.9. The van der Waals surface area contributed by atoms with Crippen molar-refractivity contribution in [3.05, 3.63) is 17.0 Å². The van der Waals surface area contributed by atoms with Gasteiger partial charge in [0.1, 0.15) is 0 Å². The van der Waals surface area contributed by atoms with E-state index in [1.165, 1.54) is 6.92 Å². The van der Waals surface area contributed by atoms with Crippen LogP contribution < -0.4 is 5.32 Å².